The maximum atomic E-state index is 12.3. The number of aliphatic carboxylic acids is 1. The van der Waals surface area contributed by atoms with Crippen LogP contribution in [0.15, 0.2) is 30.3 Å². The van der Waals surface area contributed by atoms with Crippen LogP contribution in [0.2, 0.25) is 0 Å². The van der Waals surface area contributed by atoms with Crippen LogP contribution in [0.25, 0.3) is 6.08 Å². The molecular formula is C17H21NO3. The molecule has 1 amide bonds. The Kier molecular flexibility index (Phi) is 5.14. The number of hydrogen-bond donors (Lipinski definition) is 1. The summed E-state index contributed by atoms with van der Waals surface area (Å²) in [7, 11) is 0. The molecule has 4 nitrogen and oxygen atoms in total. The van der Waals surface area contributed by atoms with E-state index in [0.717, 1.165) is 30.4 Å². The highest BCUT2D eigenvalue weighted by Crippen LogP contribution is 2.18. The van der Waals surface area contributed by atoms with E-state index in [1.807, 2.05) is 31.2 Å². The van der Waals surface area contributed by atoms with Gasteiger partial charge in [0, 0.05) is 12.6 Å². The smallest absolute Gasteiger partial charge is 0.326 e. The summed E-state index contributed by atoms with van der Waals surface area (Å²) in [5.74, 6) is -1.12. The van der Waals surface area contributed by atoms with Gasteiger partial charge in [-0.2, -0.15) is 0 Å². The van der Waals surface area contributed by atoms with Crippen LogP contribution in [-0.2, 0) is 9.59 Å². The Labute approximate surface area is 125 Å². The number of carbonyl (C=O) groups excluding carboxylic acids is 1. The minimum atomic E-state index is -0.908. The standard InChI is InChI=1S/C17H21NO3/c1-13-7-4-5-8-14(13)10-11-16(19)18-12-6-2-3-9-15(18)17(20)21/h4-5,7-8,10-11,15H,2-3,6,9,12H2,1H3,(H,20,21). The molecule has 1 unspecified atom stereocenters. The molecule has 1 aromatic carbocycles. The molecule has 0 saturated carbocycles. The lowest BCUT2D eigenvalue weighted by Gasteiger charge is -2.25. The topological polar surface area (TPSA) is 57.6 Å². The lowest BCUT2D eigenvalue weighted by Crippen LogP contribution is -2.43. The number of carboxylic acids is 1. The molecule has 1 aromatic rings. The molecule has 0 radical (unpaired) electrons. The van der Waals surface area contributed by atoms with Gasteiger partial charge in [-0.25, -0.2) is 4.79 Å². The van der Waals surface area contributed by atoms with Gasteiger partial charge < -0.3 is 10.0 Å². The second-order valence-electron chi connectivity index (χ2n) is 5.42. The molecule has 1 atom stereocenters. The number of carbonyl (C=O) groups is 2. The van der Waals surface area contributed by atoms with E-state index in [1.165, 1.54) is 11.0 Å². The van der Waals surface area contributed by atoms with Crippen molar-refractivity contribution in [3.8, 4) is 0 Å². The summed E-state index contributed by atoms with van der Waals surface area (Å²) in [4.78, 5) is 25.1. The zero-order valence-corrected chi connectivity index (χ0v) is 12.3. The van der Waals surface area contributed by atoms with E-state index >= 15 is 0 Å². The van der Waals surface area contributed by atoms with Crippen LogP contribution >= 0.6 is 0 Å². The number of aryl methyl sites for hydroxylation is 1. The average Bonchev–Trinajstić information content (AvgIpc) is 2.72. The van der Waals surface area contributed by atoms with Crippen LogP contribution in [0, 0.1) is 6.92 Å². The van der Waals surface area contributed by atoms with Gasteiger partial charge in [-0.15, -0.1) is 0 Å². The number of carboxylic acid groups (broad SMARTS) is 1. The molecule has 112 valence electrons. The minimum Gasteiger partial charge on any atom is -0.480 e. The summed E-state index contributed by atoms with van der Waals surface area (Å²) >= 11 is 0. The molecule has 4 heteroatoms. The highest BCUT2D eigenvalue weighted by atomic mass is 16.4. The summed E-state index contributed by atoms with van der Waals surface area (Å²) in [6.45, 7) is 2.50. The fourth-order valence-electron chi connectivity index (χ4n) is 2.66. The first-order valence-corrected chi connectivity index (χ1v) is 7.36. The molecule has 0 bridgehead atoms. The Bertz CT molecular complexity index is 551. The Morgan fingerprint density at radius 2 is 2.00 bits per heavy atom. The molecule has 1 aliphatic rings. The van der Waals surface area contributed by atoms with E-state index in [1.54, 1.807) is 6.08 Å². The summed E-state index contributed by atoms with van der Waals surface area (Å²) in [6.07, 6.45) is 6.51. The molecule has 1 heterocycles. The molecule has 0 aromatic heterocycles. The van der Waals surface area contributed by atoms with Crippen molar-refractivity contribution in [3.63, 3.8) is 0 Å². The quantitative estimate of drug-likeness (QED) is 0.870. The maximum absolute atomic E-state index is 12.3. The summed E-state index contributed by atoms with van der Waals surface area (Å²) in [5.41, 5.74) is 2.07. The molecular weight excluding hydrogens is 266 g/mol. The summed E-state index contributed by atoms with van der Waals surface area (Å²) in [5, 5.41) is 9.29. The van der Waals surface area contributed by atoms with Gasteiger partial charge in [0.2, 0.25) is 5.91 Å². The Morgan fingerprint density at radius 1 is 1.24 bits per heavy atom. The van der Waals surface area contributed by atoms with Crippen molar-refractivity contribution in [1.29, 1.82) is 0 Å². The van der Waals surface area contributed by atoms with Crippen molar-refractivity contribution in [2.45, 2.75) is 38.6 Å². The van der Waals surface area contributed by atoms with Crippen molar-refractivity contribution >= 4 is 18.0 Å². The Balaban J connectivity index is 2.13. The Morgan fingerprint density at radius 3 is 2.71 bits per heavy atom. The minimum absolute atomic E-state index is 0.215. The van der Waals surface area contributed by atoms with Crippen LogP contribution in [0.3, 0.4) is 0 Å². The summed E-state index contributed by atoms with van der Waals surface area (Å²) in [6, 6.07) is 7.10. The number of amides is 1. The highest BCUT2D eigenvalue weighted by molar-refractivity contribution is 5.94. The Hall–Kier alpha value is -2.10. The summed E-state index contributed by atoms with van der Waals surface area (Å²) < 4.78 is 0. The van der Waals surface area contributed by atoms with Gasteiger partial charge in [0.25, 0.3) is 0 Å². The first kappa shape index (κ1) is 15.3. The fraction of sp³-hybridized carbons (Fsp3) is 0.412. The molecule has 1 fully saturated rings. The van der Waals surface area contributed by atoms with Crippen LogP contribution in [0.4, 0.5) is 0 Å². The lowest BCUT2D eigenvalue weighted by molar-refractivity contribution is -0.148. The van der Waals surface area contributed by atoms with Gasteiger partial charge in [-0.3, -0.25) is 4.79 Å². The first-order chi connectivity index (χ1) is 10.1. The van der Waals surface area contributed by atoms with Crippen molar-refractivity contribution < 1.29 is 14.7 Å². The molecule has 1 N–H and O–H groups in total. The van der Waals surface area contributed by atoms with E-state index in [4.69, 9.17) is 0 Å². The van der Waals surface area contributed by atoms with Crippen molar-refractivity contribution in [1.82, 2.24) is 4.90 Å². The zero-order valence-electron chi connectivity index (χ0n) is 12.3. The van der Waals surface area contributed by atoms with Gasteiger partial charge in [0.1, 0.15) is 6.04 Å². The number of likely N-dealkylation sites (tertiary alicyclic amines) is 1. The van der Waals surface area contributed by atoms with Crippen molar-refractivity contribution in [3.05, 3.63) is 41.5 Å². The first-order valence-electron chi connectivity index (χ1n) is 7.36. The predicted octanol–water partition coefficient (Wildman–Crippen LogP) is 2.86. The predicted molar refractivity (Wildman–Crippen MR) is 81.8 cm³/mol. The molecule has 0 aliphatic carbocycles. The molecule has 0 spiro atoms. The number of nitrogens with zero attached hydrogens (tertiary/aromatic N) is 1. The zero-order chi connectivity index (χ0) is 15.2. The van der Waals surface area contributed by atoms with Gasteiger partial charge in [0.15, 0.2) is 0 Å². The van der Waals surface area contributed by atoms with Gasteiger partial charge in [-0.1, -0.05) is 37.1 Å². The SMILES string of the molecule is Cc1ccccc1C=CC(=O)N1CCCCCC1C(=O)O. The van der Waals surface area contributed by atoms with Crippen LogP contribution in [0.5, 0.6) is 0 Å². The van der Waals surface area contributed by atoms with Gasteiger partial charge >= 0.3 is 5.97 Å². The van der Waals surface area contributed by atoms with Crippen molar-refractivity contribution in [2.24, 2.45) is 0 Å². The third kappa shape index (κ3) is 3.94. The molecule has 2 rings (SSSR count). The third-order valence-corrected chi connectivity index (χ3v) is 3.91. The lowest BCUT2D eigenvalue weighted by atomic mass is 10.1. The number of hydrogen-bond acceptors (Lipinski definition) is 2. The van der Waals surface area contributed by atoms with Gasteiger partial charge in [0.05, 0.1) is 0 Å². The second kappa shape index (κ2) is 7.07. The number of rotatable bonds is 3. The van der Waals surface area contributed by atoms with Gasteiger partial charge in [-0.05, 0) is 37.0 Å². The van der Waals surface area contributed by atoms with E-state index in [9.17, 15) is 14.7 Å². The number of benzene rings is 1. The molecule has 1 aliphatic heterocycles. The van der Waals surface area contributed by atoms with E-state index in [0.29, 0.717) is 13.0 Å². The molecule has 1 saturated heterocycles. The normalized spacial score (nSPS) is 19.5. The van der Waals surface area contributed by atoms with Crippen molar-refractivity contribution in [2.75, 3.05) is 6.54 Å². The largest absolute Gasteiger partial charge is 0.480 e. The second-order valence-corrected chi connectivity index (χ2v) is 5.42. The van der Waals surface area contributed by atoms with E-state index in [-0.39, 0.29) is 5.91 Å². The third-order valence-electron chi connectivity index (χ3n) is 3.91. The van der Waals surface area contributed by atoms with Crippen LogP contribution in [-0.4, -0.2) is 34.5 Å². The molecule has 21 heavy (non-hydrogen) atoms. The van der Waals surface area contributed by atoms with E-state index < -0.39 is 12.0 Å². The fourth-order valence-corrected chi connectivity index (χ4v) is 2.66. The maximum Gasteiger partial charge on any atom is 0.326 e. The average molecular weight is 287 g/mol. The van der Waals surface area contributed by atoms with Crippen LogP contribution in [0.1, 0.15) is 36.8 Å². The monoisotopic (exact) mass is 287 g/mol. The van der Waals surface area contributed by atoms with E-state index in [2.05, 4.69) is 0 Å². The van der Waals surface area contributed by atoms with Crippen LogP contribution < -0.4 is 0 Å². The highest BCUT2D eigenvalue weighted by Gasteiger charge is 2.29.